The molecule has 1 aromatic carbocycles. The zero-order chi connectivity index (χ0) is 20.8. The van der Waals surface area contributed by atoms with Crippen molar-refractivity contribution in [3.05, 3.63) is 40.7 Å². The highest BCUT2D eigenvalue weighted by Gasteiger charge is 2.46. The Labute approximate surface area is 170 Å². The Balaban J connectivity index is 2.72. The van der Waals surface area contributed by atoms with Crippen LogP contribution in [0.4, 0.5) is 0 Å². The molecule has 2 rings (SSSR count). The van der Waals surface area contributed by atoms with Gasteiger partial charge in [0.1, 0.15) is 11.7 Å². The molecule has 2 unspecified atom stereocenters. The first-order valence-electron chi connectivity index (χ1n) is 9.19. The van der Waals surface area contributed by atoms with Gasteiger partial charge in [-0.1, -0.05) is 17.7 Å². The highest BCUT2D eigenvalue weighted by Crippen LogP contribution is 2.41. The van der Waals surface area contributed by atoms with Gasteiger partial charge in [0, 0.05) is 10.8 Å². The minimum Gasteiger partial charge on any atom is -0.480 e. The molecule has 0 fully saturated rings. The smallest absolute Gasteiger partial charge is 0.338 e. The van der Waals surface area contributed by atoms with Gasteiger partial charge in [0.25, 0.3) is 0 Å². The molecule has 0 saturated carbocycles. The van der Waals surface area contributed by atoms with Gasteiger partial charge in [-0.2, -0.15) is 4.99 Å². The fraction of sp³-hybridized carbons (Fsp3) is 0.450. The van der Waals surface area contributed by atoms with Crippen LogP contribution in [0.25, 0.3) is 0 Å². The maximum absolute atomic E-state index is 12.9. The van der Waals surface area contributed by atoms with E-state index >= 15 is 0 Å². The molecule has 0 saturated heterocycles. The highest BCUT2D eigenvalue weighted by atomic mass is 32.1. The van der Waals surface area contributed by atoms with E-state index in [1.165, 1.54) is 0 Å². The number of esters is 2. The van der Waals surface area contributed by atoms with E-state index in [-0.39, 0.29) is 37.1 Å². The number of thiol groups is 1. The summed E-state index contributed by atoms with van der Waals surface area (Å²) in [6, 6.07) is 5.55. The number of nitrogens with zero attached hydrogens (tertiary/aromatic N) is 1. The second-order valence-corrected chi connectivity index (χ2v) is 6.65. The van der Waals surface area contributed by atoms with Crippen molar-refractivity contribution in [3.63, 3.8) is 0 Å². The van der Waals surface area contributed by atoms with Gasteiger partial charge in [0.05, 0.1) is 25.4 Å². The van der Waals surface area contributed by atoms with E-state index in [9.17, 15) is 9.59 Å². The number of hydrogen-bond donors (Lipinski definition) is 2. The van der Waals surface area contributed by atoms with E-state index in [0.717, 1.165) is 5.56 Å². The van der Waals surface area contributed by atoms with Gasteiger partial charge in [0.2, 0.25) is 5.90 Å². The molecule has 0 aromatic heterocycles. The van der Waals surface area contributed by atoms with Crippen LogP contribution >= 0.6 is 12.6 Å². The first-order chi connectivity index (χ1) is 13.3. The van der Waals surface area contributed by atoms with E-state index in [0.29, 0.717) is 10.5 Å². The van der Waals surface area contributed by atoms with E-state index in [1.54, 1.807) is 20.8 Å². The van der Waals surface area contributed by atoms with Crippen molar-refractivity contribution in [1.82, 2.24) is 0 Å². The van der Waals surface area contributed by atoms with Crippen LogP contribution in [0.3, 0.4) is 0 Å². The lowest BCUT2D eigenvalue weighted by Gasteiger charge is -2.32. The summed E-state index contributed by atoms with van der Waals surface area (Å²) in [5.41, 5.74) is 7.84. The normalized spacial score (nSPS) is 19.1. The van der Waals surface area contributed by atoms with Crippen LogP contribution in [0, 0.1) is 12.8 Å². The standard InChI is InChI=1S/C20H26N2O5S/c1-5-25-18-16(20(24)27-7-3)14(12-9-8-11(4)10-13(12)28)15(17(21)22-18)19(23)26-6-2/h8-10,14,16,28H,5-7,21H2,1-4H3. The maximum Gasteiger partial charge on any atom is 0.338 e. The molecule has 2 N–H and O–H groups in total. The number of ether oxygens (including phenoxy) is 3. The predicted molar refractivity (Wildman–Crippen MR) is 108 cm³/mol. The number of nitrogens with two attached hydrogens (primary N) is 1. The predicted octanol–water partition coefficient (Wildman–Crippen LogP) is 2.73. The monoisotopic (exact) mass is 406 g/mol. The number of carbonyl (C=O) groups excluding carboxylic acids is 2. The summed E-state index contributed by atoms with van der Waals surface area (Å²) in [6.45, 7) is 7.73. The molecule has 1 heterocycles. The quantitative estimate of drug-likeness (QED) is 0.557. The number of aliphatic imine (C=N–C) groups is 1. The molecular formula is C20H26N2O5S. The molecule has 0 bridgehead atoms. The molecule has 1 aromatic rings. The van der Waals surface area contributed by atoms with Gasteiger partial charge >= 0.3 is 11.9 Å². The number of hydrogen-bond acceptors (Lipinski definition) is 8. The Hall–Kier alpha value is -2.48. The Morgan fingerprint density at radius 2 is 1.82 bits per heavy atom. The van der Waals surface area contributed by atoms with Crippen LogP contribution < -0.4 is 5.73 Å². The summed E-state index contributed by atoms with van der Waals surface area (Å²) in [5, 5.41) is 0. The Bertz CT molecular complexity index is 819. The van der Waals surface area contributed by atoms with Crippen molar-refractivity contribution in [1.29, 1.82) is 0 Å². The maximum atomic E-state index is 12.9. The van der Waals surface area contributed by atoms with Gasteiger partial charge < -0.3 is 19.9 Å². The molecule has 7 nitrogen and oxygen atoms in total. The summed E-state index contributed by atoms with van der Waals surface area (Å²) in [6.07, 6.45) is 0. The molecule has 2 atom stereocenters. The van der Waals surface area contributed by atoms with Crippen molar-refractivity contribution in [2.24, 2.45) is 16.6 Å². The summed E-state index contributed by atoms with van der Waals surface area (Å²) < 4.78 is 16.0. The van der Waals surface area contributed by atoms with Crippen LogP contribution in [0.5, 0.6) is 0 Å². The van der Waals surface area contributed by atoms with E-state index in [2.05, 4.69) is 17.6 Å². The fourth-order valence-electron chi connectivity index (χ4n) is 3.15. The van der Waals surface area contributed by atoms with Crippen LogP contribution in [0.2, 0.25) is 0 Å². The Morgan fingerprint density at radius 1 is 1.14 bits per heavy atom. The molecule has 0 spiro atoms. The van der Waals surface area contributed by atoms with Crippen molar-refractivity contribution >= 4 is 30.5 Å². The van der Waals surface area contributed by atoms with Gasteiger partial charge in [-0.05, 0) is 39.3 Å². The van der Waals surface area contributed by atoms with Crippen LogP contribution in [0.1, 0.15) is 37.8 Å². The third kappa shape index (κ3) is 4.49. The molecule has 0 radical (unpaired) electrons. The number of benzene rings is 1. The van der Waals surface area contributed by atoms with Gasteiger partial charge in [0.15, 0.2) is 0 Å². The summed E-state index contributed by atoms with van der Waals surface area (Å²) in [7, 11) is 0. The van der Waals surface area contributed by atoms with E-state index < -0.39 is 23.8 Å². The third-order valence-electron chi connectivity index (χ3n) is 4.27. The largest absolute Gasteiger partial charge is 0.480 e. The van der Waals surface area contributed by atoms with Gasteiger partial charge in [-0.15, -0.1) is 12.6 Å². The fourth-order valence-corrected chi connectivity index (χ4v) is 3.57. The summed E-state index contributed by atoms with van der Waals surface area (Å²) in [5.74, 6) is -2.87. The minimum absolute atomic E-state index is 0.0410. The Morgan fingerprint density at radius 3 is 2.39 bits per heavy atom. The average molecular weight is 407 g/mol. The van der Waals surface area contributed by atoms with Crippen LogP contribution in [-0.2, 0) is 23.8 Å². The van der Waals surface area contributed by atoms with Gasteiger partial charge in [-0.25, -0.2) is 4.79 Å². The number of rotatable bonds is 6. The van der Waals surface area contributed by atoms with Crippen molar-refractivity contribution in [3.8, 4) is 0 Å². The van der Waals surface area contributed by atoms with E-state index in [4.69, 9.17) is 19.9 Å². The average Bonchev–Trinajstić information content (AvgIpc) is 2.61. The minimum atomic E-state index is -0.972. The molecule has 152 valence electrons. The van der Waals surface area contributed by atoms with Gasteiger partial charge in [-0.3, -0.25) is 4.79 Å². The first-order valence-corrected chi connectivity index (χ1v) is 9.64. The number of aryl methyl sites for hydroxylation is 1. The SMILES string of the molecule is CCOC(=O)C1=C(N)N=C(OCC)C(C(=O)OCC)C1c1ccc(C)cc1S. The Kier molecular flexibility index (Phi) is 7.51. The molecule has 0 aliphatic carbocycles. The lowest BCUT2D eigenvalue weighted by molar-refractivity contribution is -0.146. The molecular weight excluding hydrogens is 380 g/mol. The zero-order valence-corrected chi connectivity index (χ0v) is 17.4. The molecule has 0 amide bonds. The van der Waals surface area contributed by atoms with E-state index in [1.807, 2.05) is 25.1 Å². The van der Waals surface area contributed by atoms with Crippen molar-refractivity contribution < 1.29 is 23.8 Å². The summed E-state index contributed by atoms with van der Waals surface area (Å²) in [4.78, 5) is 30.4. The third-order valence-corrected chi connectivity index (χ3v) is 4.65. The molecule has 1 aliphatic heterocycles. The van der Waals surface area contributed by atoms with Crippen molar-refractivity contribution in [2.45, 2.75) is 38.5 Å². The lowest BCUT2D eigenvalue weighted by Crippen LogP contribution is -2.40. The highest BCUT2D eigenvalue weighted by molar-refractivity contribution is 7.80. The topological polar surface area (TPSA) is 100 Å². The first kappa shape index (κ1) is 21.8. The summed E-state index contributed by atoms with van der Waals surface area (Å²) >= 11 is 4.56. The van der Waals surface area contributed by atoms with Crippen molar-refractivity contribution in [2.75, 3.05) is 19.8 Å². The second kappa shape index (κ2) is 9.64. The zero-order valence-electron chi connectivity index (χ0n) is 16.5. The second-order valence-electron chi connectivity index (χ2n) is 6.17. The van der Waals surface area contributed by atoms with Crippen LogP contribution in [-0.4, -0.2) is 37.7 Å². The molecule has 8 heteroatoms. The lowest BCUT2D eigenvalue weighted by atomic mass is 9.78. The van der Waals surface area contributed by atoms with Crippen LogP contribution in [0.15, 0.2) is 39.5 Å². The molecule has 1 aliphatic rings. The molecule has 28 heavy (non-hydrogen) atoms. The number of carbonyl (C=O) groups is 2.